The van der Waals surface area contributed by atoms with Crippen LogP contribution in [0, 0.1) is 11.6 Å². The Morgan fingerprint density at radius 3 is 2.41 bits per heavy atom. The first-order valence-electron chi connectivity index (χ1n) is 11.1. The van der Waals surface area contributed by atoms with Crippen molar-refractivity contribution in [2.75, 3.05) is 10.2 Å². The van der Waals surface area contributed by atoms with E-state index in [4.69, 9.17) is 5.11 Å². The minimum Gasteiger partial charge on any atom is -0.449 e. The number of aromatic nitrogens is 1. The van der Waals surface area contributed by atoms with Gasteiger partial charge in [0, 0.05) is 11.8 Å². The molecule has 14 heteroatoms. The highest BCUT2D eigenvalue weighted by Crippen LogP contribution is 2.38. The van der Waals surface area contributed by atoms with Crippen molar-refractivity contribution in [3.8, 4) is 5.88 Å². The highest BCUT2D eigenvalue weighted by atomic mass is 19.4. The lowest BCUT2D eigenvalue weighted by Crippen LogP contribution is -2.43. The summed E-state index contributed by atoms with van der Waals surface area (Å²) in [7, 11) is 0. The van der Waals surface area contributed by atoms with E-state index in [-0.39, 0.29) is 18.1 Å². The SMILES string of the molecule is CC1(C)C(=O)N(c2ccc(F)c(C(F)(F)F)c2)C(=O)N1Cc1ccc(F)cc1Nc1ccc(OC(=O)O)nc1. The Morgan fingerprint density at radius 1 is 1.08 bits per heavy atom. The van der Waals surface area contributed by atoms with Crippen LogP contribution >= 0.6 is 0 Å². The van der Waals surface area contributed by atoms with Crippen LogP contribution in [-0.2, 0) is 17.5 Å². The van der Waals surface area contributed by atoms with E-state index in [2.05, 4.69) is 15.0 Å². The summed E-state index contributed by atoms with van der Waals surface area (Å²) in [6, 6.07) is 7.08. The molecule has 0 unspecified atom stereocenters. The van der Waals surface area contributed by atoms with E-state index in [9.17, 15) is 36.3 Å². The Bertz CT molecular complexity index is 1460. The number of benzene rings is 2. The zero-order chi connectivity index (χ0) is 28.7. The molecule has 2 N–H and O–H groups in total. The van der Waals surface area contributed by atoms with Gasteiger partial charge in [-0.15, -0.1) is 0 Å². The van der Waals surface area contributed by atoms with Gasteiger partial charge in [-0.05, 0) is 55.8 Å². The number of carbonyl (C=O) groups is 3. The number of carbonyl (C=O) groups excluding carboxylic acids is 2. The van der Waals surface area contributed by atoms with Crippen molar-refractivity contribution in [3.63, 3.8) is 0 Å². The maximum atomic E-state index is 14.1. The first kappa shape index (κ1) is 27.3. The average molecular weight is 550 g/mol. The summed E-state index contributed by atoms with van der Waals surface area (Å²) in [6.45, 7) is 2.52. The summed E-state index contributed by atoms with van der Waals surface area (Å²) >= 11 is 0. The van der Waals surface area contributed by atoms with Gasteiger partial charge in [0.05, 0.1) is 29.7 Å². The molecule has 4 rings (SSSR count). The average Bonchev–Trinajstić information content (AvgIpc) is 3.00. The third-order valence-corrected chi connectivity index (χ3v) is 5.94. The van der Waals surface area contributed by atoms with Gasteiger partial charge in [0.25, 0.3) is 5.91 Å². The number of imide groups is 1. The van der Waals surface area contributed by atoms with Gasteiger partial charge in [-0.3, -0.25) is 4.79 Å². The topological polar surface area (TPSA) is 112 Å². The summed E-state index contributed by atoms with van der Waals surface area (Å²) in [5.41, 5.74) is -2.83. The van der Waals surface area contributed by atoms with Gasteiger partial charge < -0.3 is 20.1 Å². The lowest BCUT2D eigenvalue weighted by molar-refractivity contribution is -0.140. The van der Waals surface area contributed by atoms with Crippen LogP contribution in [0.3, 0.4) is 0 Å². The molecular formula is C25H19F5N4O5. The molecule has 9 nitrogen and oxygen atoms in total. The molecule has 204 valence electrons. The minimum absolute atomic E-state index is 0.166. The molecule has 0 radical (unpaired) electrons. The summed E-state index contributed by atoms with van der Waals surface area (Å²) in [5.74, 6) is -3.25. The molecule has 1 aromatic heterocycles. The van der Waals surface area contributed by atoms with E-state index < -0.39 is 52.7 Å². The van der Waals surface area contributed by atoms with Crippen molar-refractivity contribution in [1.82, 2.24) is 9.88 Å². The van der Waals surface area contributed by atoms with Gasteiger partial charge in [-0.25, -0.2) is 28.3 Å². The fourth-order valence-corrected chi connectivity index (χ4v) is 3.93. The van der Waals surface area contributed by atoms with Crippen LogP contribution in [0.4, 0.5) is 48.6 Å². The second-order valence-corrected chi connectivity index (χ2v) is 8.91. The Morgan fingerprint density at radius 2 is 1.79 bits per heavy atom. The predicted octanol–water partition coefficient (Wildman–Crippen LogP) is 5.93. The minimum atomic E-state index is -5.05. The number of hydrogen-bond donors (Lipinski definition) is 2. The van der Waals surface area contributed by atoms with Gasteiger partial charge in [-0.2, -0.15) is 13.2 Å². The number of hydrogen-bond acceptors (Lipinski definition) is 6. The highest BCUT2D eigenvalue weighted by Gasteiger charge is 2.52. The van der Waals surface area contributed by atoms with Crippen LogP contribution in [0.15, 0.2) is 54.7 Å². The zero-order valence-electron chi connectivity index (χ0n) is 20.2. The Hall–Kier alpha value is -4.75. The van der Waals surface area contributed by atoms with Gasteiger partial charge in [0.15, 0.2) is 0 Å². The van der Waals surface area contributed by atoms with E-state index >= 15 is 0 Å². The summed E-state index contributed by atoms with van der Waals surface area (Å²) in [6.07, 6.45) is -5.40. The predicted molar refractivity (Wildman–Crippen MR) is 126 cm³/mol. The largest absolute Gasteiger partial charge is 0.512 e. The lowest BCUT2D eigenvalue weighted by Gasteiger charge is -2.28. The van der Waals surface area contributed by atoms with Gasteiger partial charge in [0.1, 0.15) is 17.2 Å². The molecule has 0 atom stereocenters. The fourth-order valence-electron chi connectivity index (χ4n) is 3.93. The molecule has 0 aliphatic carbocycles. The molecule has 1 aliphatic rings. The fraction of sp³-hybridized carbons (Fsp3) is 0.200. The molecule has 0 spiro atoms. The Balaban J connectivity index is 1.64. The molecule has 0 saturated carbocycles. The summed E-state index contributed by atoms with van der Waals surface area (Å²) < 4.78 is 72.1. The molecular weight excluding hydrogens is 531 g/mol. The van der Waals surface area contributed by atoms with E-state index in [1.807, 2.05) is 0 Å². The number of anilines is 3. The van der Waals surface area contributed by atoms with Gasteiger partial charge in [-0.1, -0.05) is 6.07 Å². The number of pyridine rings is 1. The van der Waals surface area contributed by atoms with Crippen molar-refractivity contribution in [1.29, 1.82) is 0 Å². The van der Waals surface area contributed by atoms with Crippen LogP contribution in [0.5, 0.6) is 5.88 Å². The maximum Gasteiger partial charge on any atom is 0.512 e. The number of amides is 3. The van der Waals surface area contributed by atoms with Crippen molar-refractivity contribution < 1.29 is 46.2 Å². The van der Waals surface area contributed by atoms with Crippen LogP contribution < -0.4 is 15.0 Å². The molecule has 3 amide bonds. The molecule has 1 aliphatic heterocycles. The molecule has 2 aromatic carbocycles. The Kier molecular flexibility index (Phi) is 6.89. The van der Waals surface area contributed by atoms with Crippen molar-refractivity contribution in [2.45, 2.75) is 32.1 Å². The highest BCUT2D eigenvalue weighted by molar-refractivity contribution is 6.23. The number of nitrogens with one attached hydrogen (secondary N) is 1. The number of halogens is 5. The summed E-state index contributed by atoms with van der Waals surface area (Å²) in [5, 5.41) is 11.5. The monoisotopic (exact) mass is 550 g/mol. The van der Waals surface area contributed by atoms with Crippen LogP contribution in [-0.4, -0.2) is 38.6 Å². The van der Waals surface area contributed by atoms with E-state index in [0.29, 0.717) is 28.3 Å². The molecule has 0 bridgehead atoms. The Labute approximate surface area is 217 Å². The zero-order valence-corrected chi connectivity index (χ0v) is 20.2. The number of urea groups is 1. The van der Waals surface area contributed by atoms with Crippen molar-refractivity contribution in [2.24, 2.45) is 0 Å². The number of nitrogens with zero attached hydrogens (tertiary/aromatic N) is 3. The third-order valence-electron chi connectivity index (χ3n) is 5.94. The van der Waals surface area contributed by atoms with Crippen LogP contribution in [0.2, 0.25) is 0 Å². The first-order chi connectivity index (χ1) is 18.2. The van der Waals surface area contributed by atoms with Crippen molar-refractivity contribution in [3.05, 3.63) is 77.5 Å². The van der Waals surface area contributed by atoms with Gasteiger partial charge >= 0.3 is 18.4 Å². The molecule has 1 fully saturated rings. The first-order valence-corrected chi connectivity index (χ1v) is 11.1. The molecule has 1 saturated heterocycles. The number of carboxylic acid groups (broad SMARTS) is 1. The number of ether oxygens (including phenoxy) is 1. The van der Waals surface area contributed by atoms with Crippen LogP contribution in [0.1, 0.15) is 25.0 Å². The quantitative estimate of drug-likeness (QED) is 0.222. The smallest absolute Gasteiger partial charge is 0.449 e. The number of rotatable bonds is 6. The second kappa shape index (κ2) is 9.85. The molecule has 39 heavy (non-hydrogen) atoms. The van der Waals surface area contributed by atoms with Crippen molar-refractivity contribution >= 4 is 35.2 Å². The van der Waals surface area contributed by atoms with Crippen LogP contribution in [0.25, 0.3) is 0 Å². The maximum absolute atomic E-state index is 14.1. The van der Waals surface area contributed by atoms with E-state index in [0.717, 1.165) is 23.1 Å². The van der Waals surface area contributed by atoms with E-state index in [1.165, 1.54) is 38.2 Å². The van der Waals surface area contributed by atoms with Gasteiger partial charge in [0.2, 0.25) is 5.88 Å². The normalized spacial score (nSPS) is 15.1. The standard InChI is InChI=1S/C25H19F5N4O5/c1-24(2)21(35)34(16-6-7-18(27)17(10-16)25(28,29)30)22(36)33(24)12-13-3-4-14(26)9-19(13)32-15-5-8-20(31-11-15)39-23(37)38/h3-11,32H,12H2,1-2H3,(H,37,38). The number of alkyl halides is 3. The second-order valence-electron chi connectivity index (χ2n) is 8.91. The van der Waals surface area contributed by atoms with E-state index in [1.54, 1.807) is 0 Å². The third kappa shape index (κ3) is 5.44. The summed E-state index contributed by atoms with van der Waals surface area (Å²) in [4.78, 5) is 42.6. The lowest BCUT2D eigenvalue weighted by atomic mass is 10.0. The molecule has 3 aromatic rings. The molecule has 2 heterocycles.